The number of esters is 5. The summed E-state index contributed by atoms with van der Waals surface area (Å²) in [5, 5.41) is 0. The molecule has 0 spiro atoms. The summed E-state index contributed by atoms with van der Waals surface area (Å²) >= 11 is 4.08. The maximum atomic E-state index is 12.4. The standard InChI is InChI=1S/C16H16O10S.Na.H/c1-22-12(17)6-7(13(18)23-2)9(15(20)25-4)11(27)10(16(21)26-5)8(6)14(19)24-3;;/h27H,1-5H3;;. The number of carbonyl (C=O) groups is 5. The van der Waals surface area contributed by atoms with Gasteiger partial charge in [-0.15, -0.1) is 12.6 Å². The molecule has 0 bridgehead atoms. The van der Waals surface area contributed by atoms with Gasteiger partial charge in [0.1, 0.15) is 0 Å². The molecule has 0 N–H and O–H groups in total. The van der Waals surface area contributed by atoms with Crippen LogP contribution in [0.5, 0.6) is 0 Å². The van der Waals surface area contributed by atoms with Crippen molar-refractivity contribution < 1.29 is 47.7 Å². The molecule has 0 heterocycles. The van der Waals surface area contributed by atoms with Gasteiger partial charge in [0.25, 0.3) is 0 Å². The summed E-state index contributed by atoms with van der Waals surface area (Å²) in [7, 11) is 4.93. The molecule has 28 heavy (non-hydrogen) atoms. The SMILES string of the molecule is COC(=O)c1c(S)c(C(=O)OC)c(C(=O)OC)c(C(=O)OC)c1C(=O)OC.[NaH]. The molecule has 0 aliphatic carbocycles. The molecule has 12 heteroatoms. The zero-order valence-corrected chi connectivity index (χ0v) is 15.9. The number of carbonyl (C=O) groups excluding carboxylic acids is 5. The molecule has 0 atom stereocenters. The average molecular weight is 424 g/mol. The number of methoxy groups -OCH3 is 5. The van der Waals surface area contributed by atoms with Crippen molar-refractivity contribution in [1.82, 2.24) is 0 Å². The van der Waals surface area contributed by atoms with Crippen molar-refractivity contribution in [1.29, 1.82) is 0 Å². The van der Waals surface area contributed by atoms with Gasteiger partial charge in [-0.05, 0) is 0 Å². The van der Waals surface area contributed by atoms with Crippen LogP contribution in [0.1, 0.15) is 51.8 Å². The molecule has 0 saturated heterocycles. The van der Waals surface area contributed by atoms with Gasteiger partial charge in [0.2, 0.25) is 0 Å². The van der Waals surface area contributed by atoms with Crippen LogP contribution in [-0.4, -0.2) is 95.0 Å². The third-order valence-electron chi connectivity index (χ3n) is 3.42. The minimum atomic E-state index is -1.21. The second-order valence-electron chi connectivity index (χ2n) is 4.68. The van der Waals surface area contributed by atoms with E-state index in [0.29, 0.717) is 0 Å². The summed E-state index contributed by atoms with van der Waals surface area (Å²) in [6.07, 6.45) is 0. The summed E-state index contributed by atoms with van der Waals surface area (Å²) < 4.78 is 23.0. The normalized spacial score (nSPS) is 9.50. The molecule has 0 radical (unpaired) electrons. The van der Waals surface area contributed by atoms with E-state index in [9.17, 15) is 24.0 Å². The Balaban J connectivity index is 0.00000729. The molecule has 148 valence electrons. The fraction of sp³-hybridized carbons (Fsp3) is 0.312. The monoisotopic (exact) mass is 424 g/mol. The van der Waals surface area contributed by atoms with Crippen molar-refractivity contribution >= 4 is 72.0 Å². The van der Waals surface area contributed by atoms with Gasteiger partial charge in [-0.3, -0.25) is 0 Å². The number of benzene rings is 1. The molecule has 0 fully saturated rings. The van der Waals surface area contributed by atoms with Crippen LogP contribution in [0, 0.1) is 0 Å². The van der Waals surface area contributed by atoms with E-state index in [-0.39, 0.29) is 29.6 Å². The number of rotatable bonds is 5. The third-order valence-corrected chi connectivity index (χ3v) is 3.87. The van der Waals surface area contributed by atoms with Crippen LogP contribution < -0.4 is 0 Å². The maximum absolute atomic E-state index is 12.4. The summed E-state index contributed by atoms with van der Waals surface area (Å²) in [5.41, 5.74) is -3.24. The number of thiol groups is 1. The summed E-state index contributed by atoms with van der Waals surface area (Å²) in [4.78, 5) is 61.1. The third kappa shape index (κ3) is 4.66. The second kappa shape index (κ2) is 11.1. The van der Waals surface area contributed by atoms with Gasteiger partial charge in [0.15, 0.2) is 0 Å². The van der Waals surface area contributed by atoms with Crippen LogP contribution in [0.3, 0.4) is 0 Å². The Bertz CT molecular complexity index is 776. The van der Waals surface area contributed by atoms with E-state index in [1.807, 2.05) is 0 Å². The first-order valence-corrected chi connectivity index (χ1v) is 7.50. The topological polar surface area (TPSA) is 132 Å². The minimum absolute atomic E-state index is 0. The van der Waals surface area contributed by atoms with Crippen LogP contribution >= 0.6 is 12.6 Å². The molecular weight excluding hydrogens is 407 g/mol. The Morgan fingerprint density at radius 3 is 0.893 bits per heavy atom. The average Bonchev–Trinajstić information content (AvgIpc) is 2.69. The molecule has 1 rings (SSSR count). The van der Waals surface area contributed by atoms with Crippen LogP contribution in [0.15, 0.2) is 4.90 Å². The fourth-order valence-corrected chi connectivity index (χ4v) is 2.66. The molecule has 0 aliphatic heterocycles. The van der Waals surface area contributed by atoms with Crippen molar-refractivity contribution in [2.75, 3.05) is 35.5 Å². The van der Waals surface area contributed by atoms with Crippen molar-refractivity contribution in [3.8, 4) is 0 Å². The van der Waals surface area contributed by atoms with Crippen molar-refractivity contribution in [2.45, 2.75) is 4.90 Å². The van der Waals surface area contributed by atoms with E-state index < -0.39 is 62.6 Å². The van der Waals surface area contributed by atoms with E-state index in [1.165, 1.54) is 0 Å². The van der Waals surface area contributed by atoms with E-state index in [2.05, 4.69) is 36.3 Å². The van der Waals surface area contributed by atoms with Gasteiger partial charge in [-0.25, -0.2) is 24.0 Å². The van der Waals surface area contributed by atoms with E-state index in [0.717, 1.165) is 35.5 Å². The van der Waals surface area contributed by atoms with Gasteiger partial charge in [-0.1, -0.05) is 0 Å². The predicted octanol–water partition coefficient (Wildman–Crippen LogP) is 0.260. The zero-order valence-electron chi connectivity index (χ0n) is 15.0. The van der Waals surface area contributed by atoms with Crippen LogP contribution in [0.4, 0.5) is 0 Å². The Morgan fingerprint density at radius 1 is 0.500 bits per heavy atom. The molecule has 0 aliphatic rings. The number of hydrogen-bond donors (Lipinski definition) is 1. The van der Waals surface area contributed by atoms with Gasteiger partial charge >= 0.3 is 59.4 Å². The van der Waals surface area contributed by atoms with E-state index in [4.69, 9.17) is 0 Å². The second-order valence-corrected chi connectivity index (χ2v) is 5.13. The van der Waals surface area contributed by atoms with Gasteiger partial charge in [0, 0.05) is 4.90 Å². The summed E-state index contributed by atoms with van der Waals surface area (Å²) in [5.74, 6) is -5.79. The fourth-order valence-electron chi connectivity index (χ4n) is 2.26. The van der Waals surface area contributed by atoms with Crippen molar-refractivity contribution in [3.05, 3.63) is 27.8 Å². The van der Waals surface area contributed by atoms with Gasteiger partial charge in [-0.2, -0.15) is 0 Å². The zero-order chi connectivity index (χ0) is 20.9. The first kappa shape index (κ1) is 25.9. The Morgan fingerprint density at radius 2 is 0.679 bits per heavy atom. The predicted molar refractivity (Wildman–Crippen MR) is 97.5 cm³/mol. The van der Waals surface area contributed by atoms with E-state index in [1.54, 1.807) is 0 Å². The van der Waals surface area contributed by atoms with Crippen LogP contribution in [-0.2, 0) is 23.7 Å². The van der Waals surface area contributed by atoms with Gasteiger partial charge in [0.05, 0.1) is 63.4 Å². The molecule has 1 aromatic carbocycles. The van der Waals surface area contributed by atoms with Crippen LogP contribution in [0.2, 0.25) is 0 Å². The first-order chi connectivity index (χ1) is 12.7. The molecule has 0 saturated carbocycles. The molecule has 1 aromatic rings. The molecular formula is C16H17NaO10S. The first-order valence-electron chi connectivity index (χ1n) is 7.06. The Hall–Kier alpha value is -2.08. The van der Waals surface area contributed by atoms with Gasteiger partial charge < -0.3 is 23.7 Å². The van der Waals surface area contributed by atoms with Crippen LogP contribution in [0.25, 0.3) is 0 Å². The summed E-state index contributed by atoms with van der Waals surface area (Å²) in [6.45, 7) is 0. The number of hydrogen-bond acceptors (Lipinski definition) is 11. The van der Waals surface area contributed by atoms with Crippen molar-refractivity contribution in [3.63, 3.8) is 0 Å². The van der Waals surface area contributed by atoms with E-state index >= 15 is 0 Å². The Kier molecular flexibility index (Phi) is 10.2. The molecule has 0 unspecified atom stereocenters. The quantitative estimate of drug-likeness (QED) is 0.304. The molecule has 0 aromatic heterocycles. The summed E-state index contributed by atoms with van der Waals surface area (Å²) in [6, 6.07) is 0. The van der Waals surface area contributed by atoms with Crippen molar-refractivity contribution in [2.24, 2.45) is 0 Å². The number of ether oxygens (including phenoxy) is 5. The molecule has 10 nitrogen and oxygen atoms in total. The Labute approximate surface area is 187 Å². The molecule has 0 amide bonds.